The van der Waals surface area contributed by atoms with Gasteiger partial charge in [0, 0.05) is 18.2 Å². The molecule has 19 heavy (non-hydrogen) atoms. The van der Waals surface area contributed by atoms with E-state index in [-0.39, 0.29) is 11.8 Å². The lowest BCUT2D eigenvalue weighted by molar-refractivity contribution is -0.125. The molecule has 1 aliphatic rings. The number of hydrogen-bond donors (Lipinski definition) is 3. The maximum atomic E-state index is 12.0. The molecule has 4 nitrogen and oxygen atoms in total. The van der Waals surface area contributed by atoms with E-state index in [9.17, 15) is 4.79 Å². The van der Waals surface area contributed by atoms with Crippen LogP contribution in [0.25, 0.3) is 0 Å². The first kappa shape index (κ1) is 13.9. The fourth-order valence-electron chi connectivity index (χ4n) is 2.88. The standard InChI is InChI=1S/C15H23N3O/c1-3-12-10-17-9-8-15(12,14(16)19)18-13-6-4-11(2)5-7-13/h4-7,12,17-18H,3,8-10H2,1-2H3,(H2,16,19). The zero-order chi connectivity index (χ0) is 13.9. The molecule has 0 aliphatic carbocycles. The number of piperidine rings is 1. The first-order valence-electron chi connectivity index (χ1n) is 6.94. The Morgan fingerprint density at radius 1 is 1.47 bits per heavy atom. The van der Waals surface area contributed by atoms with Crippen LogP contribution in [0.3, 0.4) is 0 Å². The quantitative estimate of drug-likeness (QED) is 0.772. The van der Waals surface area contributed by atoms with Crippen LogP contribution in [0.5, 0.6) is 0 Å². The Hall–Kier alpha value is -1.55. The van der Waals surface area contributed by atoms with Crippen LogP contribution in [0.1, 0.15) is 25.3 Å². The molecule has 2 unspecified atom stereocenters. The second-order valence-electron chi connectivity index (χ2n) is 5.39. The minimum absolute atomic E-state index is 0.222. The highest BCUT2D eigenvalue weighted by molar-refractivity contribution is 5.88. The summed E-state index contributed by atoms with van der Waals surface area (Å²) < 4.78 is 0. The van der Waals surface area contributed by atoms with E-state index in [1.165, 1.54) is 5.56 Å². The molecule has 104 valence electrons. The summed E-state index contributed by atoms with van der Waals surface area (Å²) in [6, 6.07) is 8.10. The second kappa shape index (κ2) is 5.61. The number of carbonyl (C=O) groups excluding carboxylic acids is 1. The van der Waals surface area contributed by atoms with Gasteiger partial charge in [0.25, 0.3) is 0 Å². The average molecular weight is 261 g/mol. The molecule has 4 N–H and O–H groups in total. The SMILES string of the molecule is CCC1CNCCC1(Nc1ccc(C)cc1)C(N)=O. The van der Waals surface area contributed by atoms with Gasteiger partial charge in [-0.3, -0.25) is 4.79 Å². The monoisotopic (exact) mass is 261 g/mol. The molecule has 0 bridgehead atoms. The third-order valence-electron chi connectivity index (χ3n) is 4.14. The number of primary amides is 1. The molecule has 4 heteroatoms. The minimum Gasteiger partial charge on any atom is -0.371 e. The van der Waals surface area contributed by atoms with E-state index in [1.54, 1.807) is 0 Å². The van der Waals surface area contributed by atoms with Gasteiger partial charge in [-0.15, -0.1) is 0 Å². The fraction of sp³-hybridized carbons (Fsp3) is 0.533. The molecule has 0 aromatic heterocycles. The average Bonchev–Trinajstić information content (AvgIpc) is 2.41. The van der Waals surface area contributed by atoms with Crippen molar-refractivity contribution in [3.63, 3.8) is 0 Å². The number of hydrogen-bond acceptors (Lipinski definition) is 3. The van der Waals surface area contributed by atoms with Gasteiger partial charge >= 0.3 is 0 Å². The Kier molecular flexibility index (Phi) is 4.10. The molecule has 1 aromatic carbocycles. The largest absolute Gasteiger partial charge is 0.371 e. The van der Waals surface area contributed by atoms with Gasteiger partial charge in [0.1, 0.15) is 5.54 Å². The zero-order valence-corrected chi connectivity index (χ0v) is 11.7. The smallest absolute Gasteiger partial charge is 0.243 e. The number of aryl methyl sites for hydroxylation is 1. The predicted octanol–water partition coefficient (Wildman–Crippen LogP) is 1.65. The molecule has 1 heterocycles. The number of amides is 1. The highest BCUT2D eigenvalue weighted by Gasteiger charge is 2.44. The number of nitrogens with two attached hydrogens (primary N) is 1. The van der Waals surface area contributed by atoms with Gasteiger partial charge in [0.15, 0.2) is 0 Å². The lowest BCUT2D eigenvalue weighted by Crippen LogP contribution is -2.62. The van der Waals surface area contributed by atoms with Crippen molar-refractivity contribution in [3.8, 4) is 0 Å². The van der Waals surface area contributed by atoms with Gasteiger partial charge in [-0.1, -0.05) is 24.6 Å². The Bertz CT molecular complexity index is 443. The van der Waals surface area contributed by atoms with Crippen molar-refractivity contribution in [2.24, 2.45) is 11.7 Å². The van der Waals surface area contributed by atoms with Crippen LogP contribution in [0, 0.1) is 12.8 Å². The number of benzene rings is 1. The number of nitrogens with one attached hydrogen (secondary N) is 2. The fourth-order valence-corrected chi connectivity index (χ4v) is 2.88. The second-order valence-corrected chi connectivity index (χ2v) is 5.39. The summed E-state index contributed by atoms with van der Waals surface area (Å²) in [5.74, 6) is -0.0264. The Morgan fingerprint density at radius 3 is 2.74 bits per heavy atom. The molecule has 2 atom stereocenters. The van der Waals surface area contributed by atoms with Gasteiger partial charge in [-0.25, -0.2) is 0 Å². The molecule has 1 saturated heterocycles. The summed E-state index contributed by atoms with van der Waals surface area (Å²) in [5, 5.41) is 6.75. The van der Waals surface area contributed by atoms with E-state index < -0.39 is 5.54 Å². The summed E-state index contributed by atoms with van der Waals surface area (Å²) >= 11 is 0. The molecule has 0 radical (unpaired) electrons. The molecule has 0 saturated carbocycles. The first-order valence-corrected chi connectivity index (χ1v) is 6.94. The van der Waals surface area contributed by atoms with Crippen LogP contribution in [-0.2, 0) is 4.79 Å². The summed E-state index contributed by atoms with van der Waals surface area (Å²) in [7, 11) is 0. The van der Waals surface area contributed by atoms with Gasteiger partial charge in [-0.2, -0.15) is 0 Å². The van der Waals surface area contributed by atoms with Gasteiger partial charge in [0.2, 0.25) is 5.91 Å². The van der Waals surface area contributed by atoms with Crippen molar-refractivity contribution in [1.82, 2.24) is 5.32 Å². The van der Waals surface area contributed by atoms with Crippen LogP contribution in [-0.4, -0.2) is 24.5 Å². The number of rotatable bonds is 4. The van der Waals surface area contributed by atoms with Crippen LogP contribution < -0.4 is 16.4 Å². The lowest BCUT2D eigenvalue weighted by Gasteiger charge is -2.43. The normalized spacial score (nSPS) is 26.9. The summed E-state index contributed by atoms with van der Waals surface area (Å²) in [5.41, 5.74) is 7.25. The summed E-state index contributed by atoms with van der Waals surface area (Å²) in [4.78, 5) is 12.0. The molecule has 1 aliphatic heterocycles. The summed E-state index contributed by atoms with van der Waals surface area (Å²) in [6.45, 7) is 5.80. The maximum absolute atomic E-state index is 12.0. The molecular weight excluding hydrogens is 238 g/mol. The van der Waals surface area contributed by atoms with E-state index in [1.807, 2.05) is 31.2 Å². The van der Waals surface area contributed by atoms with Crippen molar-refractivity contribution in [2.75, 3.05) is 18.4 Å². The van der Waals surface area contributed by atoms with Crippen molar-refractivity contribution in [3.05, 3.63) is 29.8 Å². The third kappa shape index (κ3) is 2.73. The highest BCUT2D eigenvalue weighted by Crippen LogP contribution is 2.31. The first-order chi connectivity index (χ1) is 9.08. The third-order valence-corrected chi connectivity index (χ3v) is 4.14. The topological polar surface area (TPSA) is 67.2 Å². The van der Waals surface area contributed by atoms with E-state index in [0.717, 1.165) is 31.6 Å². The van der Waals surface area contributed by atoms with Crippen LogP contribution >= 0.6 is 0 Å². The van der Waals surface area contributed by atoms with Crippen molar-refractivity contribution in [1.29, 1.82) is 0 Å². The van der Waals surface area contributed by atoms with Crippen molar-refractivity contribution < 1.29 is 4.79 Å². The lowest BCUT2D eigenvalue weighted by atomic mass is 9.76. The molecule has 1 fully saturated rings. The van der Waals surface area contributed by atoms with Crippen LogP contribution in [0.4, 0.5) is 5.69 Å². The van der Waals surface area contributed by atoms with Crippen molar-refractivity contribution in [2.45, 2.75) is 32.2 Å². The molecular formula is C15H23N3O. The van der Waals surface area contributed by atoms with Gasteiger partial charge in [-0.05, 0) is 38.4 Å². The Balaban J connectivity index is 2.28. The molecule has 1 amide bonds. The number of carbonyl (C=O) groups is 1. The molecule has 1 aromatic rings. The highest BCUT2D eigenvalue weighted by atomic mass is 16.1. The predicted molar refractivity (Wildman–Crippen MR) is 78.0 cm³/mol. The Morgan fingerprint density at radius 2 is 2.16 bits per heavy atom. The van der Waals surface area contributed by atoms with E-state index in [0.29, 0.717) is 0 Å². The Labute approximate surface area is 114 Å². The molecule has 2 rings (SSSR count). The van der Waals surface area contributed by atoms with Gasteiger partial charge in [0.05, 0.1) is 0 Å². The van der Waals surface area contributed by atoms with E-state index in [2.05, 4.69) is 17.6 Å². The van der Waals surface area contributed by atoms with Crippen LogP contribution in [0.15, 0.2) is 24.3 Å². The van der Waals surface area contributed by atoms with Crippen molar-refractivity contribution >= 4 is 11.6 Å². The van der Waals surface area contributed by atoms with Gasteiger partial charge < -0.3 is 16.4 Å². The van der Waals surface area contributed by atoms with E-state index >= 15 is 0 Å². The van der Waals surface area contributed by atoms with E-state index in [4.69, 9.17) is 5.73 Å². The minimum atomic E-state index is -0.630. The molecule has 0 spiro atoms. The van der Waals surface area contributed by atoms with Crippen LogP contribution in [0.2, 0.25) is 0 Å². The summed E-state index contributed by atoms with van der Waals surface area (Å²) in [6.07, 6.45) is 1.66. The number of anilines is 1. The maximum Gasteiger partial charge on any atom is 0.243 e. The zero-order valence-electron chi connectivity index (χ0n) is 11.7.